The first-order valence-electron chi connectivity index (χ1n) is 5.38. The lowest BCUT2D eigenvalue weighted by Crippen LogP contribution is -2.48. The number of nitrogens with one attached hydrogen (secondary N) is 1. The molecule has 1 fully saturated rings. The maximum Gasteiger partial charge on any atom is 0.403 e. The first-order chi connectivity index (χ1) is 7.01. The first-order valence-corrected chi connectivity index (χ1v) is 5.38. The molecule has 5 heteroatoms. The lowest BCUT2D eigenvalue weighted by Gasteiger charge is -2.30. The van der Waals surface area contributed by atoms with Crippen molar-refractivity contribution in [3.63, 3.8) is 0 Å². The second kappa shape index (κ2) is 3.64. The van der Waals surface area contributed by atoms with Gasteiger partial charge in [0.15, 0.2) is 0 Å². The number of amides is 1. The number of alkyl halides is 3. The van der Waals surface area contributed by atoms with Gasteiger partial charge in [-0.25, -0.2) is 0 Å². The van der Waals surface area contributed by atoms with Crippen LogP contribution in [-0.2, 0) is 4.79 Å². The molecule has 0 aromatic heterocycles. The average Bonchev–Trinajstić information content (AvgIpc) is 2.79. The van der Waals surface area contributed by atoms with Crippen molar-refractivity contribution in [1.29, 1.82) is 0 Å². The fourth-order valence-electron chi connectivity index (χ4n) is 1.32. The molecule has 1 atom stereocenters. The van der Waals surface area contributed by atoms with Crippen molar-refractivity contribution in [3.8, 4) is 0 Å². The summed E-state index contributed by atoms with van der Waals surface area (Å²) in [5.41, 5.74) is -2.34. The van der Waals surface area contributed by atoms with E-state index in [0.29, 0.717) is 0 Å². The van der Waals surface area contributed by atoms with Crippen LogP contribution in [0.4, 0.5) is 13.2 Å². The molecule has 0 aromatic carbocycles. The molecular formula is C11H18F3NO. The van der Waals surface area contributed by atoms with Crippen LogP contribution in [0.2, 0.25) is 0 Å². The van der Waals surface area contributed by atoms with Gasteiger partial charge in [-0.15, -0.1) is 0 Å². The number of carbonyl (C=O) groups excluding carboxylic acids is 1. The first kappa shape index (κ1) is 13.3. The number of hydrogen-bond acceptors (Lipinski definition) is 1. The van der Waals surface area contributed by atoms with E-state index < -0.39 is 17.5 Å². The van der Waals surface area contributed by atoms with Crippen molar-refractivity contribution >= 4 is 5.91 Å². The van der Waals surface area contributed by atoms with E-state index in [-0.39, 0.29) is 24.3 Å². The minimum absolute atomic E-state index is 0.0841. The molecule has 0 aliphatic heterocycles. The SMILES string of the molecule is CC(NC(=O)C1(C(F)(F)F)CC1)C(C)(C)C. The molecule has 0 saturated heterocycles. The van der Waals surface area contributed by atoms with E-state index in [0.717, 1.165) is 0 Å². The third-order valence-corrected chi connectivity index (χ3v) is 3.37. The highest BCUT2D eigenvalue weighted by Gasteiger charge is 2.68. The predicted molar refractivity (Wildman–Crippen MR) is 54.8 cm³/mol. The Hall–Kier alpha value is -0.740. The summed E-state index contributed by atoms with van der Waals surface area (Å²) < 4.78 is 37.9. The summed E-state index contributed by atoms with van der Waals surface area (Å²) in [4.78, 5) is 11.6. The highest BCUT2D eigenvalue weighted by molar-refractivity contribution is 5.86. The van der Waals surface area contributed by atoms with Crippen molar-refractivity contribution in [2.45, 2.75) is 52.8 Å². The lowest BCUT2D eigenvalue weighted by molar-refractivity contribution is -0.192. The highest BCUT2D eigenvalue weighted by atomic mass is 19.4. The maximum absolute atomic E-state index is 12.6. The Morgan fingerprint density at radius 3 is 1.94 bits per heavy atom. The fourth-order valence-corrected chi connectivity index (χ4v) is 1.32. The van der Waals surface area contributed by atoms with E-state index in [1.165, 1.54) is 0 Å². The van der Waals surface area contributed by atoms with Gasteiger partial charge in [0, 0.05) is 6.04 Å². The molecule has 1 amide bonds. The van der Waals surface area contributed by atoms with E-state index in [4.69, 9.17) is 0 Å². The van der Waals surface area contributed by atoms with Crippen molar-refractivity contribution in [3.05, 3.63) is 0 Å². The third-order valence-electron chi connectivity index (χ3n) is 3.37. The average molecular weight is 237 g/mol. The minimum Gasteiger partial charge on any atom is -0.352 e. The van der Waals surface area contributed by atoms with E-state index in [2.05, 4.69) is 5.32 Å². The maximum atomic E-state index is 12.6. The zero-order chi connectivity index (χ0) is 12.8. The Kier molecular flexibility index (Phi) is 3.03. The van der Waals surface area contributed by atoms with Gasteiger partial charge in [0.25, 0.3) is 0 Å². The second-order valence-corrected chi connectivity index (χ2v) is 5.64. The molecule has 0 spiro atoms. The lowest BCUT2D eigenvalue weighted by atomic mass is 9.87. The molecule has 0 radical (unpaired) electrons. The molecule has 1 unspecified atom stereocenters. The van der Waals surface area contributed by atoms with Gasteiger partial charge in [0.1, 0.15) is 5.41 Å². The van der Waals surface area contributed by atoms with Crippen molar-refractivity contribution in [1.82, 2.24) is 5.32 Å². The van der Waals surface area contributed by atoms with Gasteiger partial charge in [0.05, 0.1) is 0 Å². The van der Waals surface area contributed by atoms with Gasteiger partial charge in [-0.1, -0.05) is 20.8 Å². The standard InChI is InChI=1S/C11H18F3NO/c1-7(9(2,3)4)15-8(16)10(5-6-10)11(12,13)14/h7H,5-6H2,1-4H3,(H,15,16). The van der Waals surface area contributed by atoms with Crippen LogP contribution < -0.4 is 5.32 Å². The summed E-state index contributed by atoms with van der Waals surface area (Å²) >= 11 is 0. The normalized spacial score (nSPS) is 21.4. The molecule has 1 rings (SSSR count). The molecule has 16 heavy (non-hydrogen) atoms. The minimum atomic E-state index is -4.42. The molecule has 1 aliphatic carbocycles. The van der Waals surface area contributed by atoms with Crippen molar-refractivity contribution in [2.75, 3.05) is 0 Å². The Morgan fingerprint density at radius 2 is 1.69 bits per heavy atom. The van der Waals surface area contributed by atoms with Gasteiger partial charge in [0.2, 0.25) is 5.91 Å². The van der Waals surface area contributed by atoms with E-state index in [1.807, 2.05) is 20.8 Å². The molecule has 2 nitrogen and oxygen atoms in total. The van der Waals surface area contributed by atoms with Crippen LogP contribution in [0.3, 0.4) is 0 Å². The van der Waals surface area contributed by atoms with Gasteiger partial charge < -0.3 is 5.32 Å². The molecule has 1 N–H and O–H groups in total. The Bertz CT molecular complexity index is 287. The molecular weight excluding hydrogens is 219 g/mol. The van der Waals surface area contributed by atoms with Crippen LogP contribution >= 0.6 is 0 Å². The predicted octanol–water partition coefficient (Wildman–Crippen LogP) is 2.88. The zero-order valence-corrected chi connectivity index (χ0v) is 10.0. The fraction of sp³-hybridized carbons (Fsp3) is 0.909. The number of carbonyl (C=O) groups is 1. The topological polar surface area (TPSA) is 29.1 Å². The Balaban J connectivity index is 2.68. The van der Waals surface area contributed by atoms with Gasteiger partial charge in [-0.2, -0.15) is 13.2 Å². The zero-order valence-electron chi connectivity index (χ0n) is 10.0. The molecule has 1 saturated carbocycles. The molecule has 94 valence electrons. The monoisotopic (exact) mass is 237 g/mol. The molecule has 0 aromatic rings. The summed E-state index contributed by atoms with van der Waals surface area (Å²) in [6.45, 7) is 7.37. The number of hydrogen-bond donors (Lipinski definition) is 1. The summed E-state index contributed by atoms with van der Waals surface area (Å²) in [5, 5.41) is 2.47. The molecule has 0 heterocycles. The van der Waals surface area contributed by atoms with Gasteiger partial charge in [-0.05, 0) is 25.2 Å². The smallest absolute Gasteiger partial charge is 0.352 e. The summed E-state index contributed by atoms with van der Waals surface area (Å²) in [7, 11) is 0. The number of rotatable bonds is 2. The summed E-state index contributed by atoms with van der Waals surface area (Å²) in [5.74, 6) is -0.873. The quantitative estimate of drug-likeness (QED) is 0.786. The van der Waals surface area contributed by atoms with E-state index >= 15 is 0 Å². The van der Waals surface area contributed by atoms with E-state index in [1.54, 1.807) is 6.92 Å². The summed E-state index contributed by atoms with van der Waals surface area (Å²) in [6, 6.07) is -0.278. The largest absolute Gasteiger partial charge is 0.403 e. The van der Waals surface area contributed by atoms with E-state index in [9.17, 15) is 18.0 Å². The van der Waals surface area contributed by atoms with Crippen LogP contribution in [-0.4, -0.2) is 18.1 Å². The van der Waals surface area contributed by atoms with Crippen LogP contribution in [0.5, 0.6) is 0 Å². The third kappa shape index (κ3) is 2.33. The highest BCUT2D eigenvalue weighted by Crippen LogP contribution is 2.57. The van der Waals surface area contributed by atoms with Crippen LogP contribution in [0, 0.1) is 10.8 Å². The molecule has 1 aliphatic rings. The van der Waals surface area contributed by atoms with Crippen molar-refractivity contribution < 1.29 is 18.0 Å². The Morgan fingerprint density at radius 1 is 1.25 bits per heavy atom. The summed E-state index contributed by atoms with van der Waals surface area (Å²) in [6.07, 6.45) is -4.59. The van der Waals surface area contributed by atoms with Gasteiger partial charge in [-0.3, -0.25) is 4.79 Å². The van der Waals surface area contributed by atoms with Crippen LogP contribution in [0.25, 0.3) is 0 Å². The van der Waals surface area contributed by atoms with Crippen LogP contribution in [0.1, 0.15) is 40.5 Å². The number of halogens is 3. The second-order valence-electron chi connectivity index (χ2n) is 5.64. The van der Waals surface area contributed by atoms with Crippen LogP contribution in [0.15, 0.2) is 0 Å². The molecule has 0 bridgehead atoms. The van der Waals surface area contributed by atoms with Crippen molar-refractivity contribution in [2.24, 2.45) is 10.8 Å². The Labute approximate surface area is 93.6 Å². The van der Waals surface area contributed by atoms with Gasteiger partial charge >= 0.3 is 6.18 Å².